The lowest BCUT2D eigenvalue weighted by atomic mass is 9.66. The van der Waals surface area contributed by atoms with E-state index in [4.69, 9.17) is 14.7 Å². The number of ether oxygens (including phenoxy) is 1. The molecule has 9 aromatic carbocycles. The van der Waals surface area contributed by atoms with Crippen molar-refractivity contribution in [2.75, 3.05) is 0 Å². The van der Waals surface area contributed by atoms with Crippen LogP contribution in [0.5, 0.6) is 11.5 Å². The highest BCUT2D eigenvalue weighted by atomic mass is 32.1. The van der Waals surface area contributed by atoms with Crippen molar-refractivity contribution in [2.45, 2.75) is 5.41 Å². The average molecular weight is 743 g/mol. The number of aromatic nitrogens is 2. The van der Waals surface area contributed by atoms with Crippen LogP contribution in [0.1, 0.15) is 22.3 Å². The summed E-state index contributed by atoms with van der Waals surface area (Å²) in [6, 6.07) is 65.8. The van der Waals surface area contributed by atoms with E-state index in [0.717, 1.165) is 60.9 Å². The first-order chi connectivity index (χ1) is 28.3. The highest BCUT2D eigenvalue weighted by Gasteiger charge is 2.51. The van der Waals surface area contributed by atoms with E-state index >= 15 is 0 Å². The Labute approximate surface area is 332 Å². The topological polar surface area (TPSA) is 35.0 Å². The van der Waals surface area contributed by atoms with Crippen molar-refractivity contribution >= 4 is 64.0 Å². The Bertz CT molecular complexity index is 3450. The van der Waals surface area contributed by atoms with Gasteiger partial charge in [0.15, 0.2) is 5.82 Å². The lowest BCUT2D eigenvalue weighted by Crippen LogP contribution is -2.32. The second kappa shape index (κ2) is 11.5. The third-order valence-electron chi connectivity index (χ3n) is 12.3. The molecule has 0 radical (unpaired) electrons. The predicted octanol–water partition coefficient (Wildman–Crippen LogP) is 14.1. The van der Waals surface area contributed by atoms with Crippen molar-refractivity contribution in [1.82, 2.24) is 9.97 Å². The summed E-state index contributed by atoms with van der Waals surface area (Å²) in [6.07, 6.45) is 0. The van der Waals surface area contributed by atoms with E-state index in [1.54, 1.807) is 11.3 Å². The molecule has 2 aromatic heterocycles. The first-order valence-electron chi connectivity index (χ1n) is 19.4. The number of hydrogen-bond acceptors (Lipinski definition) is 4. The number of hydrogen-bond donors (Lipinski definition) is 0. The van der Waals surface area contributed by atoms with Gasteiger partial charge in [-0.15, -0.1) is 11.3 Å². The van der Waals surface area contributed by atoms with Crippen molar-refractivity contribution in [3.8, 4) is 45.3 Å². The van der Waals surface area contributed by atoms with Crippen LogP contribution < -0.4 is 4.74 Å². The van der Waals surface area contributed by atoms with E-state index in [0.29, 0.717) is 0 Å². The molecule has 0 unspecified atom stereocenters. The van der Waals surface area contributed by atoms with Crippen molar-refractivity contribution in [1.29, 1.82) is 0 Å². The van der Waals surface area contributed by atoms with E-state index in [1.807, 2.05) is 0 Å². The Kier molecular flexibility index (Phi) is 6.25. The second-order valence-electron chi connectivity index (χ2n) is 15.2. The minimum absolute atomic E-state index is 0.516. The zero-order valence-corrected chi connectivity index (χ0v) is 31.3. The molecule has 0 saturated carbocycles. The lowest BCUT2D eigenvalue weighted by Gasteiger charge is -2.39. The number of nitrogens with zero attached hydrogens (tertiary/aromatic N) is 2. The zero-order valence-electron chi connectivity index (χ0n) is 30.5. The molecular formula is C53H30N2OS. The quantitative estimate of drug-likeness (QED) is 0.165. The molecule has 0 saturated heterocycles. The van der Waals surface area contributed by atoms with Gasteiger partial charge in [-0.3, -0.25) is 0 Å². The monoisotopic (exact) mass is 742 g/mol. The Morgan fingerprint density at radius 3 is 1.67 bits per heavy atom. The Hall–Kier alpha value is -7.14. The molecule has 13 rings (SSSR count). The third-order valence-corrected chi connectivity index (χ3v) is 13.5. The van der Waals surface area contributed by atoms with Gasteiger partial charge in [-0.25, -0.2) is 9.97 Å². The first kappa shape index (κ1) is 31.1. The summed E-state index contributed by atoms with van der Waals surface area (Å²) in [4.78, 5) is 10.9. The standard InChI is InChI=1S/C53H30N2OS/c1-2-15-35-33(13-1)34-14-3-4-16-36(34)40-30-32(25-27-37(35)40)52-54-49(51-50(55-52)39-18-6-12-24-48(39)57-51)31-26-28-43-41(29-31)38-17-5-7-19-42(38)53(43)44-20-8-10-22-46(44)56-47-23-11-9-21-45(47)53/h1-30H. The van der Waals surface area contributed by atoms with Gasteiger partial charge in [0.05, 0.1) is 21.3 Å². The molecule has 2 aliphatic rings. The van der Waals surface area contributed by atoms with E-state index in [2.05, 4.69) is 182 Å². The zero-order chi connectivity index (χ0) is 37.2. The summed E-state index contributed by atoms with van der Waals surface area (Å²) in [5, 5.41) is 8.61. The van der Waals surface area contributed by atoms with Crippen molar-refractivity contribution in [3.05, 3.63) is 204 Å². The molecule has 11 aromatic rings. The summed E-state index contributed by atoms with van der Waals surface area (Å²) in [7, 11) is 0. The van der Waals surface area contributed by atoms with E-state index in [9.17, 15) is 0 Å². The molecule has 0 bridgehead atoms. The number of fused-ring (bicyclic) bond motifs is 18. The minimum atomic E-state index is -0.516. The van der Waals surface area contributed by atoms with Crippen molar-refractivity contribution in [3.63, 3.8) is 0 Å². The number of thiophene rings is 1. The van der Waals surface area contributed by atoms with Gasteiger partial charge in [-0.05, 0) is 84.9 Å². The van der Waals surface area contributed by atoms with Crippen LogP contribution in [-0.2, 0) is 5.41 Å². The Morgan fingerprint density at radius 2 is 0.947 bits per heavy atom. The fourth-order valence-electron chi connectivity index (χ4n) is 9.97. The van der Waals surface area contributed by atoms with Crippen molar-refractivity contribution < 1.29 is 4.74 Å². The summed E-state index contributed by atoms with van der Waals surface area (Å²) >= 11 is 1.77. The molecule has 0 amide bonds. The third kappa shape index (κ3) is 4.15. The van der Waals surface area contributed by atoms with Crippen LogP contribution in [0.2, 0.25) is 0 Å². The molecule has 1 aliphatic carbocycles. The van der Waals surface area contributed by atoms with Gasteiger partial charge in [-0.1, -0.05) is 152 Å². The van der Waals surface area contributed by atoms with Gasteiger partial charge in [-0.2, -0.15) is 0 Å². The predicted molar refractivity (Wildman–Crippen MR) is 236 cm³/mol. The molecule has 1 spiro atoms. The van der Waals surface area contributed by atoms with Crippen LogP contribution in [-0.4, -0.2) is 9.97 Å². The maximum Gasteiger partial charge on any atom is 0.160 e. The SMILES string of the molecule is c1ccc2c(c1)Oc1ccccc1C21c2ccccc2-c2cc(-c3nc(-c4ccc5c6ccccc6c6ccccc6c5c4)nc4c3sc3ccccc34)ccc21. The summed E-state index contributed by atoms with van der Waals surface area (Å²) in [6.45, 7) is 0. The molecule has 0 atom stereocenters. The van der Waals surface area contributed by atoms with Gasteiger partial charge in [0.1, 0.15) is 11.5 Å². The van der Waals surface area contributed by atoms with Crippen LogP contribution in [0, 0.1) is 0 Å². The molecule has 3 heterocycles. The number of rotatable bonds is 2. The highest BCUT2D eigenvalue weighted by Crippen LogP contribution is 2.62. The maximum atomic E-state index is 6.58. The molecule has 0 N–H and O–H groups in total. The normalized spacial score (nSPS) is 13.5. The molecule has 3 nitrogen and oxygen atoms in total. The van der Waals surface area contributed by atoms with Gasteiger partial charge < -0.3 is 4.74 Å². The number of benzene rings is 9. The number of para-hydroxylation sites is 2. The summed E-state index contributed by atoms with van der Waals surface area (Å²) in [5.41, 5.74) is 10.8. The van der Waals surface area contributed by atoms with Crippen LogP contribution in [0.3, 0.4) is 0 Å². The van der Waals surface area contributed by atoms with Gasteiger partial charge in [0, 0.05) is 32.3 Å². The van der Waals surface area contributed by atoms with Gasteiger partial charge in [0.25, 0.3) is 0 Å². The summed E-state index contributed by atoms with van der Waals surface area (Å²) < 4.78 is 8.88. The van der Waals surface area contributed by atoms with Gasteiger partial charge in [0.2, 0.25) is 0 Å². The molecule has 1 aliphatic heterocycles. The lowest BCUT2D eigenvalue weighted by molar-refractivity contribution is 0.436. The van der Waals surface area contributed by atoms with Gasteiger partial charge >= 0.3 is 0 Å². The molecule has 264 valence electrons. The summed E-state index contributed by atoms with van der Waals surface area (Å²) in [5.74, 6) is 2.52. The molecule has 57 heavy (non-hydrogen) atoms. The Morgan fingerprint density at radius 1 is 0.404 bits per heavy atom. The van der Waals surface area contributed by atoms with Crippen LogP contribution >= 0.6 is 11.3 Å². The molecule has 4 heteroatoms. The van der Waals surface area contributed by atoms with E-state index in [-0.39, 0.29) is 0 Å². The highest BCUT2D eigenvalue weighted by molar-refractivity contribution is 7.26. The first-order valence-corrected chi connectivity index (χ1v) is 20.2. The second-order valence-corrected chi connectivity index (χ2v) is 16.2. The van der Waals surface area contributed by atoms with Crippen LogP contribution in [0.25, 0.3) is 86.4 Å². The molecule has 0 fully saturated rings. The maximum absolute atomic E-state index is 6.58. The smallest absolute Gasteiger partial charge is 0.160 e. The van der Waals surface area contributed by atoms with Crippen LogP contribution in [0.15, 0.2) is 182 Å². The van der Waals surface area contributed by atoms with Crippen LogP contribution in [0.4, 0.5) is 0 Å². The average Bonchev–Trinajstić information content (AvgIpc) is 3.80. The molecular weight excluding hydrogens is 713 g/mol. The van der Waals surface area contributed by atoms with E-state index in [1.165, 1.54) is 59.3 Å². The van der Waals surface area contributed by atoms with E-state index < -0.39 is 5.41 Å². The largest absolute Gasteiger partial charge is 0.457 e. The van der Waals surface area contributed by atoms with Crippen molar-refractivity contribution in [2.24, 2.45) is 0 Å². The fraction of sp³-hybridized carbons (Fsp3) is 0.0189. The Balaban J connectivity index is 1.08. The fourth-order valence-corrected chi connectivity index (χ4v) is 11.1. The minimum Gasteiger partial charge on any atom is -0.457 e.